The molecule has 108 valence electrons. The van der Waals surface area contributed by atoms with E-state index in [4.69, 9.17) is 4.74 Å². The fourth-order valence-corrected chi connectivity index (χ4v) is 2.45. The average Bonchev–Trinajstić information content (AvgIpc) is 3.38. The topological polar surface area (TPSA) is 38.3 Å². The summed E-state index contributed by atoms with van der Waals surface area (Å²) in [7, 11) is 1.39. The maximum Gasteiger partial charge on any atom is 0.337 e. The van der Waals surface area contributed by atoms with Crippen molar-refractivity contribution in [2.75, 3.05) is 12.4 Å². The van der Waals surface area contributed by atoms with Gasteiger partial charge in [-0.05, 0) is 48.1 Å². The molecular formula is C18H19NO2. The van der Waals surface area contributed by atoms with Gasteiger partial charge >= 0.3 is 5.97 Å². The Labute approximate surface area is 124 Å². The van der Waals surface area contributed by atoms with Crippen molar-refractivity contribution in [2.45, 2.75) is 25.3 Å². The lowest BCUT2D eigenvalue weighted by Crippen LogP contribution is -2.04. The van der Waals surface area contributed by atoms with E-state index in [9.17, 15) is 4.79 Å². The van der Waals surface area contributed by atoms with E-state index in [1.54, 1.807) is 6.07 Å². The van der Waals surface area contributed by atoms with Crippen molar-refractivity contribution < 1.29 is 9.53 Å². The predicted molar refractivity (Wildman–Crippen MR) is 83.5 cm³/mol. The highest BCUT2D eigenvalue weighted by molar-refractivity contribution is 5.90. The van der Waals surface area contributed by atoms with Crippen LogP contribution in [0, 0.1) is 0 Å². The molecule has 0 unspecified atom stereocenters. The van der Waals surface area contributed by atoms with Crippen molar-refractivity contribution in [3.63, 3.8) is 0 Å². The highest BCUT2D eigenvalue weighted by Gasteiger charge is 2.23. The first-order valence-electron chi connectivity index (χ1n) is 7.27. The summed E-state index contributed by atoms with van der Waals surface area (Å²) in [6, 6.07) is 16.1. The van der Waals surface area contributed by atoms with E-state index in [0.717, 1.165) is 18.2 Å². The number of methoxy groups -OCH3 is 1. The minimum atomic E-state index is -0.311. The van der Waals surface area contributed by atoms with Gasteiger partial charge in [0.2, 0.25) is 0 Å². The largest absolute Gasteiger partial charge is 0.465 e. The van der Waals surface area contributed by atoms with Gasteiger partial charge in [0.15, 0.2) is 0 Å². The summed E-state index contributed by atoms with van der Waals surface area (Å²) in [6.07, 6.45) is 2.64. The first kappa shape index (κ1) is 13.7. The van der Waals surface area contributed by atoms with Crippen LogP contribution in [0.4, 0.5) is 5.69 Å². The summed E-state index contributed by atoms with van der Waals surface area (Å²) in [4.78, 5) is 11.5. The van der Waals surface area contributed by atoms with Crippen LogP contribution < -0.4 is 5.32 Å². The van der Waals surface area contributed by atoms with Crippen LogP contribution in [0.25, 0.3) is 0 Å². The van der Waals surface area contributed by atoms with E-state index < -0.39 is 0 Å². The van der Waals surface area contributed by atoms with E-state index in [2.05, 4.69) is 29.6 Å². The van der Waals surface area contributed by atoms with Gasteiger partial charge in [0.25, 0.3) is 0 Å². The molecule has 2 aromatic rings. The van der Waals surface area contributed by atoms with Gasteiger partial charge in [0, 0.05) is 12.2 Å². The van der Waals surface area contributed by atoms with E-state index in [0.29, 0.717) is 5.56 Å². The summed E-state index contributed by atoms with van der Waals surface area (Å²) in [5.74, 6) is 0.460. The molecule has 3 heteroatoms. The number of carbonyl (C=O) groups excluding carboxylic acids is 1. The second kappa shape index (κ2) is 6.00. The van der Waals surface area contributed by atoms with Crippen molar-refractivity contribution in [3.05, 3.63) is 65.2 Å². The average molecular weight is 281 g/mol. The molecule has 3 rings (SSSR count). The number of ether oxygens (including phenoxy) is 1. The second-order valence-corrected chi connectivity index (χ2v) is 5.45. The van der Waals surface area contributed by atoms with Crippen molar-refractivity contribution in [3.8, 4) is 0 Å². The molecule has 3 nitrogen and oxygen atoms in total. The zero-order valence-electron chi connectivity index (χ0n) is 12.1. The third-order valence-corrected chi connectivity index (χ3v) is 3.78. The third-order valence-electron chi connectivity index (χ3n) is 3.78. The molecule has 0 aromatic heterocycles. The molecule has 0 atom stereocenters. The summed E-state index contributed by atoms with van der Waals surface area (Å²) in [5, 5.41) is 3.36. The first-order valence-corrected chi connectivity index (χ1v) is 7.27. The van der Waals surface area contributed by atoms with Gasteiger partial charge in [-0.15, -0.1) is 0 Å². The molecule has 0 spiro atoms. The van der Waals surface area contributed by atoms with Gasteiger partial charge in [-0.1, -0.05) is 30.3 Å². The minimum absolute atomic E-state index is 0.311. The van der Waals surface area contributed by atoms with Crippen LogP contribution in [0.2, 0.25) is 0 Å². The van der Waals surface area contributed by atoms with E-state index >= 15 is 0 Å². The van der Waals surface area contributed by atoms with E-state index in [-0.39, 0.29) is 5.97 Å². The van der Waals surface area contributed by atoms with Crippen molar-refractivity contribution in [2.24, 2.45) is 0 Å². The van der Waals surface area contributed by atoms with Gasteiger partial charge in [-0.3, -0.25) is 0 Å². The van der Waals surface area contributed by atoms with E-state index in [1.165, 1.54) is 31.1 Å². The van der Waals surface area contributed by atoms with Crippen LogP contribution in [0.1, 0.15) is 40.2 Å². The Hall–Kier alpha value is -2.29. The predicted octanol–water partition coefficient (Wildman–Crippen LogP) is 3.96. The molecule has 1 saturated carbocycles. The van der Waals surface area contributed by atoms with Gasteiger partial charge in [-0.2, -0.15) is 0 Å². The second-order valence-electron chi connectivity index (χ2n) is 5.45. The quantitative estimate of drug-likeness (QED) is 0.843. The number of rotatable bonds is 5. The summed E-state index contributed by atoms with van der Waals surface area (Å²) >= 11 is 0. The number of benzene rings is 2. The lowest BCUT2D eigenvalue weighted by molar-refractivity contribution is 0.0601. The Balaban J connectivity index is 1.67. The van der Waals surface area contributed by atoms with Gasteiger partial charge < -0.3 is 10.1 Å². The lowest BCUT2D eigenvalue weighted by Gasteiger charge is -2.09. The molecule has 0 saturated heterocycles. The maximum absolute atomic E-state index is 11.5. The Morgan fingerprint density at radius 1 is 1.19 bits per heavy atom. The van der Waals surface area contributed by atoms with Crippen LogP contribution in [0.3, 0.4) is 0 Å². The molecule has 2 aromatic carbocycles. The van der Waals surface area contributed by atoms with Gasteiger partial charge in [0.1, 0.15) is 0 Å². The van der Waals surface area contributed by atoms with Gasteiger partial charge in [-0.25, -0.2) is 4.79 Å². The molecule has 1 aliphatic carbocycles. The summed E-state index contributed by atoms with van der Waals surface area (Å²) in [6.45, 7) is 0.755. The van der Waals surface area contributed by atoms with E-state index in [1.807, 2.05) is 18.2 Å². The number of hydrogen-bond donors (Lipinski definition) is 1. The van der Waals surface area contributed by atoms with Crippen LogP contribution in [0.15, 0.2) is 48.5 Å². The van der Waals surface area contributed by atoms with Crippen molar-refractivity contribution in [1.82, 2.24) is 0 Å². The molecular weight excluding hydrogens is 262 g/mol. The first-order chi connectivity index (χ1) is 10.3. The SMILES string of the molecule is COC(=O)c1cccc(NCc2cccc(C3CC3)c2)c1. The highest BCUT2D eigenvalue weighted by atomic mass is 16.5. The highest BCUT2D eigenvalue weighted by Crippen LogP contribution is 2.40. The monoisotopic (exact) mass is 281 g/mol. The molecule has 1 fully saturated rings. The molecule has 0 radical (unpaired) electrons. The molecule has 1 N–H and O–H groups in total. The number of carbonyl (C=O) groups is 1. The smallest absolute Gasteiger partial charge is 0.337 e. The Bertz CT molecular complexity index is 647. The Morgan fingerprint density at radius 3 is 2.76 bits per heavy atom. The van der Waals surface area contributed by atoms with Crippen LogP contribution >= 0.6 is 0 Å². The number of esters is 1. The van der Waals surface area contributed by atoms with Gasteiger partial charge in [0.05, 0.1) is 12.7 Å². The van der Waals surface area contributed by atoms with Crippen LogP contribution in [-0.2, 0) is 11.3 Å². The zero-order chi connectivity index (χ0) is 14.7. The molecule has 0 bridgehead atoms. The fraction of sp³-hybridized carbons (Fsp3) is 0.278. The van der Waals surface area contributed by atoms with Crippen LogP contribution in [-0.4, -0.2) is 13.1 Å². The molecule has 21 heavy (non-hydrogen) atoms. The standard InChI is InChI=1S/C18H19NO2/c1-21-18(20)16-6-3-7-17(11-16)19-12-13-4-2-5-15(10-13)14-8-9-14/h2-7,10-11,14,19H,8-9,12H2,1H3. The molecule has 0 heterocycles. The van der Waals surface area contributed by atoms with Crippen molar-refractivity contribution in [1.29, 1.82) is 0 Å². The normalized spacial score (nSPS) is 13.8. The Kier molecular flexibility index (Phi) is 3.91. The van der Waals surface area contributed by atoms with Crippen LogP contribution in [0.5, 0.6) is 0 Å². The lowest BCUT2D eigenvalue weighted by atomic mass is 10.1. The molecule has 1 aliphatic rings. The fourth-order valence-electron chi connectivity index (χ4n) is 2.45. The molecule has 0 aliphatic heterocycles. The summed E-state index contributed by atoms with van der Waals surface area (Å²) < 4.78 is 4.74. The Morgan fingerprint density at radius 2 is 2.00 bits per heavy atom. The molecule has 0 amide bonds. The number of nitrogens with one attached hydrogen (secondary N) is 1. The maximum atomic E-state index is 11.5. The van der Waals surface area contributed by atoms with Crippen molar-refractivity contribution >= 4 is 11.7 Å². The number of anilines is 1. The summed E-state index contributed by atoms with van der Waals surface area (Å²) in [5.41, 5.74) is 4.20. The third kappa shape index (κ3) is 3.43. The zero-order valence-corrected chi connectivity index (χ0v) is 12.1. The minimum Gasteiger partial charge on any atom is -0.465 e. The number of hydrogen-bond acceptors (Lipinski definition) is 3.